The molecular formula is C26H27NO4. The van der Waals surface area contributed by atoms with Crippen molar-refractivity contribution >= 4 is 11.8 Å². The zero-order valence-electron chi connectivity index (χ0n) is 18.1. The number of fused-ring (bicyclic) bond motifs is 1. The Morgan fingerprint density at radius 2 is 1.74 bits per heavy atom. The standard InChI is InChI=1S/C26H27NO4/c1-4-31-20-12-10-18(11-13-20)24-23(26(29)30-3)16(2)27-21-14-19(15-22(28)25(21)24)17-8-6-5-7-9-17/h5-14,19,24-25,27H,4,15H2,1-3H3. The van der Waals surface area contributed by atoms with Crippen molar-refractivity contribution in [1.82, 2.24) is 5.32 Å². The number of Topliss-reactive ketones (excluding diaryl/α,β-unsaturated/α-hetero) is 1. The number of allylic oxidation sites excluding steroid dienone is 3. The molecule has 2 aromatic carbocycles. The first-order chi connectivity index (χ1) is 15.0. The zero-order chi connectivity index (χ0) is 22.0. The Kier molecular flexibility index (Phi) is 5.94. The van der Waals surface area contributed by atoms with Crippen LogP contribution in [0.15, 0.2) is 77.6 Å². The lowest BCUT2D eigenvalue weighted by Gasteiger charge is -2.39. The number of ketones is 1. The molecule has 1 aliphatic carbocycles. The van der Waals surface area contributed by atoms with Crippen LogP contribution in [0.1, 0.15) is 43.2 Å². The Bertz CT molecular complexity index is 1040. The number of hydrogen-bond donors (Lipinski definition) is 1. The van der Waals surface area contributed by atoms with Crippen molar-refractivity contribution in [3.63, 3.8) is 0 Å². The second-order valence-electron chi connectivity index (χ2n) is 7.92. The molecule has 0 radical (unpaired) electrons. The first kappa shape index (κ1) is 20.9. The van der Waals surface area contributed by atoms with E-state index in [4.69, 9.17) is 9.47 Å². The Morgan fingerprint density at radius 1 is 1.03 bits per heavy atom. The molecule has 0 aromatic heterocycles. The summed E-state index contributed by atoms with van der Waals surface area (Å²) < 4.78 is 10.6. The van der Waals surface area contributed by atoms with Gasteiger partial charge in [-0.3, -0.25) is 4.79 Å². The predicted octanol–water partition coefficient (Wildman–Crippen LogP) is 4.48. The van der Waals surface area contributed by atoms with Gasteiger partial charge in [0.15, 0.2) is 0 Å². The summed E-state index contributed by atoms with van der Waals surface area (Å²) >= 11 is 0. The Balaban J connectivity index is 1.80. The number of ether oxygens (including phenoxy) is 2. The minimum absolute atomic E-state index is 0.0147. The van der Waals surface area contributed by atoms with E-state index < -0.39 is 17.8 Å². The van der Waals surface area contributed by atoms with E-state index in [0.29, 0.717) is 18.6 Å². The van der Waals surface area contributed by atoms with Gasteiger partial charge in [0, 0.05) is 29.7 Å². The van der Waals surface area contributed by atoms with E-state index in [1.807, 2.05) is 68.4 Å². The highest BCUT2D eigenvalue weighted by atomic mass is 16.5. The Morgan fingerprint density at radius 3 is 2.39 bits per heavy atom. The second kappa shape index (κ2) is 8.80. The first-order valence-electron chi connectivity index (χ1n) is 10.6. The van der Waals surface area contributed by atoms with Gasteiger partial charge in [0.1, 0.15) is 11.5 Å². The fourth-order valence-corrected chi connectivity index (χ4v) is 4.67. The fourth-order valence-electron chi connectivity index (χ4n) is 4.67. The summed E-state index contributed by atoms with van der Waals surface area (Å²) in [7, 11) is 1.37. The van der Waals surface area contributed by atoms with Crippen LogP contribution in [0.4, 0.5) is 0 Å². The third kappa shape index (κ3) is 4.00. The molecule has 3 unspecified atom stereocenters. The third-order valence-electron chi connectivity index (χ3n) is 6.05. The lowest BCUT2D eigenvalue weighted by Crippen LogP contribution is -2.41. The van der Waals surface area contributed by atoms with Crippen molar-refractivity contribution < 1.29 is 19.1 Å². The molecule has 1 N–H and O–H groups in total. The van der Waals surface area contributed by atoms with Crippen LogP contribution >= 0.6 is 0 Å². The van der Waals surface area contributed by atoms with Crippen LogP contribution < -0.4 is 10.1 Å². The van der Waals surface area contributed by atoms with Gasteiger partial charge in [0.05, 0.1) is 25.2 Å². The number of rotatable bonds is 5. The average molecular weight is 418 g/mol. The highest BCUT2D eigenvalue weighted by Crippen LogP contribution is 2.46. The normalized spacial score (nSPS) is 22.9. The summed E-state index contributed by atoms with van der Waals surface area (Å²) in [6, 6.07) is 17.7. The number of methoxy groups -OCH3 is 1. The smallest absolute Gasteiger partial charge is 0.336 e. The van der Waals surface area contributed by atoms with E-state index in [1.165, 1.54) is 7.11 Å². The van der Waals surface area contributed by atoms with Crippen LogP contribution in [0, 0.1) is 5.92 Å². The summed E-state index contributed by atoms with van der Waals surface area (Å²) in [5.41, 5.74) is 4.08. The van der Waals surface area contributed by atoms with Gasteiger partial charge in [0.2, 0.25) is 0 Å². The molecule has 1 aliphatic heterocycles. The number of benzene rings is 2. The van der Waals surface area contributed by atoms with Crippen LogP contribution in [0.5, 0.6) is 5.75 Å². The van der Waals surface area contributed by atoms with E-state index in [-0.39, 0.29) is 11.7 Å². The van der Waals surface area contributed by atoms with E-state index in [0.717, 1.165) is 28.3 Å². The molecule has 2 aromatic rings. The molecule has 4 rings (SSSR count). The lowest BCUT2D eigenvalue weighted by atomic mass is 9.68. The topological polar surface area (TPSA) is 64.6 Å². The zero-order valence-corrected chi connectivity index (χ0v) is 18.1. The summed E-state index contributed by atoms with van der Waals surface area (Å²) in [4.78, 5) is 26.2. The molecule has 0 amide bonds. The summed E-state index contributed by atoms with van der Waals surface area (Å²) in [5.74, 6) is -0.376. The van der Waals surface area contributed by atoms with Crippen molar-refractivity contribution in [3.8, 4) is 5.75 Å². The molecular weight excluding hydrogens is 390 g/mol. The van der Waals surface area contributed by atoms with Gasteiger partial charge < -0.3 is 14.8 Å². The van der Waals surface area contributed by atoms with Crippen molar-refractivity contribution in [3.05, 3.63) is 88.8 Å². The molecule has 0 saturated carbocycles. The van der Waals surface area contributed by atoms with Gasteiger partial charge in [-0.15, -0.1) is 0 Å². The van der Waals surface area contributed by atoms with E-state index in [9.17, 15) is 9.59 Å². The highest BCUT2D eigenvalue weighted by molar-refractivity contribution is 5.96. The minimum atomic E-state index is -0.448. The molecule has 160 valence electrons. The summed E-state index contributed by atoms with van der Waals surface area (Å²) in [6.45, 7) is 4.37. The molecule has 2 aliphatic rings. The van der Waals surface area contributed by atoms with E-state index >= 15 is 0 Å². The molecule has 31 heavy (non-hydrogen) atoms. The quantitative estimate of drug-likeness (QED) is 0.727. The molecule has 5 heteroatoms. The van der Waals surface area contributed by atoms with Crippen LogP contribution in [0.2, 0.25) is 0 Å². The van der Waals surface area contributed by atoms with Crippen LogP contribution in [-0.4, -0.2) is 25.5 Å². The summed E-state index contributed by atoms with van der Waals surface area (Å²) in [6.07, 6.45) is 2.54. The number of esters is 1. The van der Waals surface area contributed by atoms with Crippen LogP contribution in [-0.2, 0) is 14.3 Å². The van der Waals surface area contributed by atoms with Gasteiger partial charge in [-0.2, -0.15) is 0 Å². The molecule has 0 bridgehead atoms. The maximum Gasteiger partial charge on any atom is 0.336 e. The van der Waals surface area contributed by atoms with Gasteiger partial charge >= 0.3 is 5.97 Å². The van der Waals surface area contributed by atoms with Crippen molar-refractivity contribution in [2.75, 3.05) is 13.7 Å². The van der Waals surface area contributed by atoms with Gasteiger partial charge in [0.25, 0.3) is 0 Å². The van der Waals surface area contributed by atoms with Crippen LogP contribution in [0.3, 0.4) is 0 Å². The van der Waals surface area contributed by atoms with E-state index in [1.54, 1.807) is 0 Å². The minimum Gasteiger partial charge on any atom is -0.494 e. The van der Waals surface area contributed by atoms with Crippen molar-refractivity contribution in [2.24, 2.45) is 5.92 Å². The Hall–Kier alpha value is -3.34. The van der Waals surface area contributed by atoms with Crippen molar-refractivity contribution in [2.45, 2.75) is 32.1 Å². The van der Waals surface area contributed by atoms with E-state index in [2.05, 4.69) is 11.4 Å². The molecule has 3 atom stereocenters. The maximum absolute atomic E-state index is 13.4. The largest absolute Gasteiger partial charge is 0.494 e. The van der Waals surface area contributed by atoms with Gasteiger partial charge in [-0.1, -0.05) is 48.5 Å². The number of nitrogens with one attached hydrogen (secondary N) is 1. The van der Waals surface area contributed by atoms with Crippen molar-refractivity contribution in [1.29, 1.82) is 0 Å². The fraction of sp³-hybridized carbons (Fsp3) is 0.308. The average Bonchev–Trinajstić information content (AvgIpc) is 2.79. The maximum atomic E-state index is 13.4. The SMILES string of the molecule is CCOc1ccc(C2C(C(=O)OC)=C(C)NC3=CC(c4ccccc4)CC(=O)C32)cc1. The monoisotopic (exact) mass is 417 g/mol. The predicted molar refractivity (Wildman–Crippen MR) is 119 cm³/mol. The summed E-state index contributed by atoms with van der Waals surface area (Å²) in [5, 5.41) is 3.34. The number of hydrogen-bond acceptors (Lipinski definition) is 5. The molecule has 5 nitrogen and oxygen atoms in total. The third-order valence-corrected chi connectivity index (χ3v) is 6.05. The molecule has 0 fully saturated rings. The molecule has 0 saturated heterocycles. The Labute approximate surface area is 182 Å². The number of carbonyl (C=O) groups is 2. The highest BCUT2D eigenvalue weighted by Gasteiger charge is 2.44. The van der Waals surface area contributed by atoms with Gasteiger partial charge in [-0.25, -0.2) is 4.79 Å². The first-order valence-corrected chi connectivity index (χ1v) is 10.6. The van der Waals surface area contributed by atoms with Crippen LogP contribution in [0.25, 0.3) is 0 Å². The molecule has 0 spiro atoms. The molecule has 1 heterocycles. The van der Waals surface area contributed by atoms with Gasteiger partial charge in [-0.05, 0) is 37.1 Å². The second-order valence-corrected chi connectivity index (χ2v) is 7.92. The number of carbonyl (C=O) groups excluding carboxylic acids is 2. The lowest BCUT2D eigenvalue weighted by molar-refractivity contribution is -0.136.